The van der Waals surface area contributed by atoms with E-state index in [2.05, 4.69) is 0 Å². The van der Waals surface area contributed by atoms with Gasteiger partial charge in [0.05, 0.1) is 11.1 Å². The summed E-state index contributed by atoms with van der Waals surface area (Å²) in [6, 6.07) is 5.42. The highest BCUT2D eigenvalue weighted by atomic mass is 127. The second kappa shape index (κ2) is 4.98. The number of halogens is 7. The fourth-order valence-electron chi connectivity index (χ4n) is 2.22. The summed E-state index contributed by atoms with van der Waals surface area (Å²) >= 11 is 2.72. The van der Waals surface area contributed by atoms with Crippen molar-refractivity contribution in [2.24, 2.45) is 0 Å². The van der Waals surface area contributed by atoms with Gasteiger partial charge in [-0.25, -0.2) is 0 Å². The number of hydrogen-bond acceptors (Lipinski definition) is 1. The molecule has 2 aromatic carbocycles. The quantitative estimate of drug-likeness (QED) is 0.267. The van der Waals surface area contributed by atoms with Gasteiger partial charge in [0.1, 0.15) is 0 Å². The minimum Gasteiger partial charge on any atom is -0.166 e. The van der Waals surface area contributed by atoms with Crippen LogP contribution in [-0.4, -0.2) is 0 Å². The Balaban J connectivity index is 2.40. The third-order valence-electron chi connectivity index (χ3n) is 3.21. The first-order valence-electron chi connectivity index (χ1n) is 5.88. The Labute approximate surface area is 137 Å². The van der Waals surface area contributed by atoms with Crippen LogP contribution >= 0.6 is 33.9 Å². The van der Waals surface area contributed by atoms with Gasteiger partial charge in [-0.15, -0.1) is 11.3 Å². The Morgan fingerprint density at radius 1 is 0.818 bits per heavy atom. The van der Waals surface area contributed by atoms with Crippen LogP contribution in [0.2, 0.25) is 0 Å². The molecule has 22 heavy (non-hydrogen) atoms. The van der Waals surface area contributed by atoms with Gasteiger partial charge in [-0.2, -0.15) is 26.3 Å². The van der Waals surface area contributed by atoms with E-state index < -0.39 is 23.5 Å². The standard InChI is InChI=1S/C14H5F6IS/c15-13(16,17)6-1-3-9-7(5-6)11-10(22-9)4-2-8(12(11)21)14(18,19)20/h1-5H. The molecule has 0 aliphatic rings. The van der Waals surface area contributed by atoms with Crippen LogP contribution in [0.3, 0.4) is 0 Å². The van der Waals surface area contributed by atoms with E-state index in [9.17, 15) is 26.3 Å². The summed E-state index contributed by atoms with van der Waals surface area (Å²) in [6.07, 6.45) is -9.07. The lowest BCUT2D eigenvalue weighted by molar-refractivity contribution is -0.138. The summed E-state index contributed by atoms with van der Waals surface area (Å²) < 4.78 is 78.3. The van der Waals surface area contributed by atoms with Gasteiger partial charge >= 0.3 is 12.4 Å². The van der Waals surface area contributed by atoms with Crippen LogP contribution in [0.1, 0.15) is 11.1 Å². The highest BCUT2D eigenvalue weighted by Gasteiger charge is 2.35. The fourth-order valence-corrected chi connectivity index (χ4v) is 4.57. The van der Waals surface area contributed by atoms with E-state index in [4.69, 9.17) is 0 Å². The predicted octanol–water partition coefficient (Wildman–Crippen LogP) is 6.70. The van der Waals surface area contributed by atoms with Gasteiger partial charge < -0.3 is 0 Å². The predicted molar refractivity (Wildman–Crippen MR) is 82.1 cm³/mol. The molecular weight excluding hydrogens is 441 g/mol. The summed E-state index contributed by atoms with van der Waals surface area (Å²) in [6.45, 7) is 0. The number of fused-ring (bicyclic) bond motifs is 3. The second-order valence-electron chi connectivity index (χ2n) is 4.61. The molecule has 0 aliphatic heterocycles. The first kappa shape index (κ1) is 15.9. The van der Waals surface area contributed by atoms with Gasteiger partial charge in [0, 0.05) is 23.7 Å². The summed E-state index contributed by atoms with van der Waals surface area (Å²) in [5.41, 5.74) is -1.70. The van der Waals surface area contributed by atoms with Crippen LogP contribution in [0.25, 0.3) is 20.2 Å². The van der Waals surface area contributed by atoms with E-state index in [1.807, 2.05) is 0 Å². The molecule has 0 radical (unpaired) electrons. The van der Waals surface area contributed by atoms with Crippen LogP contribution in [-0.2, 0) is 12.4 Å². The molecule has 3 rings (SSSR count). The molecule has 0 unspecified atom stereocenters. The fraction of sp³-hybridized carbons (Fsp3) is 0.143. The summed E-state index contributed by atoms with van der Waals surface area (Å²) in [4.78, 5) is 0. The first-order valence-corrected chi connectivity index (χ1v) is 7.78. The highest BCUT2D eigenvalue weighted by molar-refractivity contribution is 14.1. The van der Waals surface area contributed by atoms with E-state index in [1.165, 1.54) is 23.5 Å². The van der Waals surface area contributed by atoms with Crippen LogP contribution in [0, 0.1) is 3.57 Å². The third kappa shape index (κ3) is 2.55. The number of alkyl halides is 6. The topological polar surface area (TPSA) is 0 Å². The van der Waals surface area contributed by atoms with Crippen molar-refractivity contribution >= 4 is 54.1 Å². The Morgan fingerprint density at radius 2 is 1.45 bits per heavy atom. The molecule has 0 saturated carbocycles. The van der Waals surface area contributed by atoms with Gasteiger partial charge in [-0.3, -0.25) is 0 Å². The van der Waals surface area contributed by atoms with Crippen LogP contribution < -0.4 is 0 Å². The van der Waals surface area contributed by atoms with Gasteiger partial charge in [0.25, 0.3) is 0 Å². The maximum Gasteiger partial charge on any atom is 0.417 e. The molecule has 0 bridgehead atoms. The SMILES string of the molecule is FC(F)(F)c1ccc2sc3ccc(C(F)(F)F)c(I)c3c2c1. The van der Waals surface area contributed by atoms with Crippen LogP contribution in [0.5, 0.6) is 0 Å². The lowest BCUT2D eigenvalue weighted by Gasteiger charge is -2.10. The molecule has 0 saturated heterocycles. The van der Waals surface area contributed by atoms with Crippen molar-refractivity contribution in [1.82, 2.24) is 0 Å². The van der Waals surface area contributed by atoms with E-state index in [0.717, 1.165) is 18.2 Å². The highest BCUT2D eigenvalue weighted by Crippen LogP contribution is 2.43. The molecule has 0 nitrogen and oxygen atoms in total. The van der Waals surface area contributed by atoms with E-state index in [0.29, 0.717) is 9.40 Å². The minimum atomic E-state index is -4.54. The van der Waals surface area contributed by atoms with Crippen molar-refractivity contribution in [3.05, 3.63) is 45.0 Å². The Morgan fingerprint density at radius 3 is 2.05 bits per heavy atom. The molecule has 8 heteroatoms. The monoisotopic (exact) mass is 446 g/mol. The zero-order chi connectivity index (χ0) is 16.3. The van der Waals surface area contributed by atoms with E-state index in [-0.39, 0.29) is 14.3 Å². The number of thiophene rings is 1. The van der Waals surface area contributed by atoms with Crippen molar-refractivity contribution in [2.75, 3.05) is 0 Å². The van der Waals surface area contributed by atoms with Gasteiger partial charge in [0.15, 0.2) is 0 Å². The Bertz CT molecular complexity index is 875. The number of rotatable bonds is 0. The van der Waals surface area contributed by atoms with E-state index >= 15 is 0 Å². The largest absolute Gasteiger partial charge is 0.417 e. The van der Waals surface area contributed by atoms with Crippen molar-refractivity contribution in [1.29, 1.82) is 0 Å². The average Bonchev–Trinajstić information content (AvgIpc) is 2.74. The zero-order valence-electron chi connectivity index (χ0n) is 10.4. The molecule has 116 valence electrons. The maximum atomic E-state index is 13.0. The normalized spacial score (nSPS) is 13.2. The van der Waals surface area contributed by atoms with Gasteiger partial charge in [-0.05, 0) is 52.9 Å². The molecule has 1 aromatic heterocycles. The summed E-state index contributed by atoms with van der Waals surface area (Å²) in [7, 11) is 0. The lowest BCUT2D eigenvalue weighted by atomic mass is 10.1. The Kier molecular flexibility index (Phi) is 3.59. The van der Waals surface area contributed by atoms with Crippen molar-refractivity contribution < 1.29 is 26.3 Å². The second-order valence-corrected chi connectivity index (χ2v) is 6.77. The van der Waals surface area contributed by atoms with Gasteiger partial charge in [0.2, 0.25) is 0 Å². The van der Waals surface area contributed by atoms with E-state index in [1.54, 1.807) is 22.6 Å². The number of benzene rings is 2. The number of hydrogen-bond donors (Lipinski definition) is 0. The molecule has 0 aliphatic carbocycles. The van der Waals surface area contributed by atoms with Crippen LogP contribution in [0.4, 0.5) is 26.3 Å². The molecular formula is C14H5F6IS. The van der Waals surface area contributed by atoms with Crippen molar-refractivity contribution in [3.63, 3.8) is 0 Å². The zero-order valence-corrected chi connectivity index (χ0v) is 13.4. The molecule has 0 atom stereocenters. The summed E-state index contributed by atoms with van der Waals surface area (Å²) in [5, 5.41) is 0.423. The van der Waals surface area contributed by atoms with Crippen LogP contribution in [0.15, 0.2) is 30.3 Å². The van der Waals surface area contributed by atoms with Crippen molar-refractivity contribution in [3.8, 4) is 0 Å². The molecule has 1 heterocycles. The third-order valence-corrected chi connectivity index (χ3v) is 5.46. The minimum absolute atomic E-state index is 0.0758. The van der Waals surface area contributed by atoms with Crippen molar-refractivity contribution in [2.45, 2.75) is 12.4 Å². The molecule has 0 spiro atoms. The summed E-state index contributed by atoms with van der Waals surface area (Å²) in [5.74, 6) is 0. The average molecular weight is 446 g/mol. The molecule has 0 amide bonds. The molecule has 0 N–H and O–H groups in total. The first-order chi connectivity index (χ1) is 10.1. The Hall–Kier alpha value is -1.03. The van der Waals surface area contributed by atoms with Gasteiger partial charge in [-0.1, -0.05) is 0 Å². The smallest absolute Gasteiger partial charge is 0.166 e. The molecule has 0 fully saturated rings. The molecule has 3 aromatic rings. The maximum absolute atomic E-state index is 13.0. The lowest BCUT2D eigenvalue weighted by Crippen LogP contribution is -2.07.